The van der Waals surface area contributed by atoms with Crippen LogP contribution in [-0.4, -0.2) is 34.9 Å². The zero-order valence-corrected chi connectivity index (χ0v) is 15.5. The third-order valence-electron chi connectivity index (χ3n) is 4.35. The molecule has 1 atom stereocenters. The van der Waals surface area contributed by atoms with E-state index in [0.29, 0.717) is 5.69 Å². The molecule has 0 radical (unpaired) electrons. The van der Waals surface area contributed by atoms with Gasteiger partial charge in [0.1, 0.15) is 11.4 Å². The van der Waals surface area contributed by atoms with Crippen molar-refractivity contribution in [3.63, 3.8) is 0 Å². The number of rotatable bonds is 8. The molecule has 0 bridgehead atoms. The van der Waals surface area contributed by atoms with Gasteiger partial charge in [0, 0.05) is 24.2 Å². The monoisotopic (exact) mass is 425 g/mol. The summed E-state index contributed by atoms with van der Waals surface area (Å²) in [5.41, 5.74) is 0.416. The summed E-state index contributed by atoms with van der Waals surface area (Å²) in [6.45, 7) is -0.242. The number of alkyl halides is 3. The van der Waals surface area contributed by atoms with Crippen molar-refractivity contribution >= 4 is 17.3 Å². The first-order valence-electron chi connectivity index (χ1n) is 8.99. The largest absolute Gasteiger partial charge is 0.573 e. The van der Waals surface area contributed by atoms with E-state index in [9.17, 15) is 33.2 Å². The molecule has 11 heteroatoms. The summed E-state index contributed by atoms with van der Waals surface area (Å²) >= 11 is 0. The number of nitrogens with zero attached hydrogens (tertiary/aromatic N) is 1. The molecule has 0 spiro atoms. The lowest BCUT2D eigenvalue weighted by molar-refractivity contribution is -0.384. The van der Waals surface area contributed by atoms with Crippen molar-refractivity contribution in [1.29, 1.82) is 0 Å². The molecule has 0 aromatic heterocycles. The number of aliphatic hydroxyl groups excluding tert-OH is 1. The second-order valence-corrected chi connectivity index (χ2v) is 6.75. The number of anilines is 1. The fourth-order valence-corrected chi connectivity index (χ4v) is 2.69. The number of ether oxygens (including phenoxy) is 1. The van der Waals surface area contributed by atoms with Crippen LogP contribution in [0.2, 0.25) is 0 Å². The van der Waals surface area contributed by atoms with Crippen LogP contribution in [0.25, 0.3) is 0 Å². The Morgan fingerprint density at radius 1 is 1.23 bits per heavy atom. The number of nitro benzene ring substituents is 1. The summed E-state index contributed by atoms with van der Waals surface area (Å²) in [5, 5.41) is 26.9. The van der Waals surface area contributed by atoms with Gasteiger partial charge in [-0.25, -0.2) is 0 Å². The molecule has 1 amide bonds. The Hall–Kier alpha value is -3.34. The molecule has 1 aliphatic carbocycles. The fourth-order valence-electron chi connectivity index (χ4n) is 2.69. The van der Waals surface area contributed by atoms with Crippen molar-refractivity contribution in [2.24, 2.45) is 0 Å². The molecule has 0 heterocycles. The van der Waals surface area contributed by atoms with Crippen molar-refractivity contribution in [3.8, 4) is 5.75 Å². The molecule has 1 aliphatic rings. The minimum Gasteiger partial charge on any atom is -0.406 e. The van der Waals surface area contributed by atoms with Crippen LogP contribution in [0.15, 0.2) is 42.5 Å². The SMILES string of the molecule is O=C(NCC(O)c1ccc(OC(F)(F)F)cc1)c1ccc(NC2CC2)c([N+](=O)[O-])c1. The summed E-state index contributed by atoms with van der Waals surface area (Å²) in [6, 6.07) is 8.80. The van der Waals surface area contributed by atoms with Crippen molar-refractivity contribution in [2.75, 3.05) is 11.9 Å². The predicted molar refractivity (Wildman–Crippen MR) is 100 cm³/mol. The molecule has 2 aromatic carbocycles. The van der Waals surface area contributed by atoms with Gasteiger partial charge in [-0.3, -0.25) is 14.9 Å². The molecule has 3 rings (SSSR count). The maximum Gasteiger partial charge on any atom is 0.573 e. The Labute approximate surface area is 168 Å². The number of aliphatic hydroxyl groups is 1. The van der Waals surface area contributed by atoms with Crippen LogP contribution < -0.4 is 15.4 Å². The van der Waals surface area contributed by atoms with Crippen LogP contribution in [-0.2, 0) is 0 Å². The third-order valence-corrected chi connectivity index (χ3v) is 4.35. The summed E-state index contributed by atoms with van der Waals surface area (Å²) in [7, 11) is 0. The third kappa shape index (κ3) is 5.83. The molecule has 2 aromatic rings. The van der Waals surface area contributed by atoms with E-state index < -0.39 is 29.0 Å². The number of hydrogen-bond donors (Lipinski definition) is 3. The van der Waals surface area contributed by atoms with Gasteiger partial charge in [-0.05, 0) is 42.7 Å². The first kappa shape index (κ1) is 21.4. The van der Waals surface area contributed by atoms with Gasteiger partial charge in [-0.15, -0.1) is 13.2 Å². The standard InChI is InChI=1S/C19H18F3N3O5/c20-19(21,22)30-14-6-1-11(2-7-14)17(26)10-23-18(27)12-3-8-15(24-13-4-5-13)16(9-12)25(28)29/h1-3,6-9,13,17,24,26H,4-5,10H2,(H,23,27). The van der Waals surface area contributed by atoms with Crippen molar-refractivity contribution in [2.45, 2.75) is 31.3 Å². The number of amides is 1. The number of nitrogens with one attached hydrogen (secondary N) is 2. The molecule has 160 valence electrons. The van der Waals surface area contributed by atoms with E-state index >= 15 is 0 Å². The van der Waals surface area contributed by atoms with Gasteiger partial charge in [-0.1, -0.05) is 12.1 Å². The highest BCUT2D eigenvalue weighted by Gasteiger charge is 2.31. The van der Waals surface area contributed by atoms with Gasteiger partial charge >= 0.3 is 6.36 Å². The number of carbonyl (C=O) groups excluding carboxylic acids is 1. The van der Waals surface area contributed by atoms with Gasteiger partial charge in [0.25, 0.3) is 11.6 Å². The van der Waals surface area contributed by atoms with Crippen LogP contribution in [0.4, 0.5) is 24.5 Å². The molecule has 0 aliphatic heterocycles. The quantitative estimate of drug-likeness (QED) is 0.441. The molecule has 1 unspecified atom stereocenters. The van der Waals surface area contributed by atoms with Crippen LogP contribution in [0, 0.1) is 10.1 Å². The van der Waals surface area contributed by atoms with Gasteiger partial charge in [0.05, 0.1) is 11.0 Å². The molecule has 1 fully saturated rings. The van der Waals surface area contributed by atoms with E-state index in [1.165, 1.54) is 24.3 Å². The first-order valence-corrected chi connectivity index (χ1v) is 8.99. The van der Waals surface area contributed by atoms with E-state index in [1.807, 2.05) is 0 Å². The number of benzene rings is 2. The van der Waals surface area contributed by atoms with E-state index in [1.54, 1.807) is 0 Å². The highest BCUT2D eigenvalue weighted by molar-refractivity contribution is 5.95. The zero-order chi connectivity index (χ0) is 21.9. The Bertz CT molecular complexity index is 930. The number of hydrogen-bond acceptors (Lipinski definition) is 6. The minimum absolute atomic E-state index is 0.0455. The number of halogens is 3. The van der Waals surface area contributed by atoms with Crippen molar-refractivity contribution in [1.82, 2.24) is 5.32 Å². The topological polar surface area (TPSA) is 114 Å². The fraction of sp³-hybridized carbons (Fsp3) is 0.316. The summed E-state index contributed by atoms with van der Waals surface area (Å²) in [4.78, 5) is 23.0. The molecular formula is C19H18F3N3O5. The van der Waals surface area contributed by atoms with E-state index in [-0.39, 0.29) is 29.4 Å². The van der Waals surface area contributed by atoms with Gasteiger partial charge in [0.2, 0.25) is 0 Å². The Morgan fingerprint density at radius 2 is 1.90 bits per heavy atom. The van der Waals surface area contributed by atoms with E-state index in [4.69, 9.17) is 0 Å². The van der Waals surface area contributed by atoms with Crippen molar-refractivity contribution in [3.05, 3.63) is 63.7 Å². The highest BCUT2D eigenvalue weighted by Crippen LogP contribution is 2.31. The Morgan fingerprint density at radius 3 is 2.47 bits per heavy atom. The Kier molecular flexibility index (Phi) is 6.11. The van der Waals surface area contributed by atoms with Gasteiger partial charge in [-0.2, -0.15) is 0 Å². The van der Waals surface area contributed by atoms with E-state index in [2.05, 4.69) is 15.4 Å². The van der Waals surface area contributed by atoms with Crippen LogP contribution >= 0.6 is 0 Å². The molecule has 1 saturated carbocycles. The van der Waals surface area contributed by atoms with Gasteiger partial charge in [0.15, 0.2) is 0 Å². The van der Waals surface area contributed by atoms with Crippen LogP contribution in [0.1, 0.15) is 34.9 Å². The maximum atomic E-state index is 12.3. The molecular weight excluding hydrogens is 407 g/mol. The molecule has 3 N–H and O–H groups in total. The number of carbonyl (C=O) groups is 1. The highest BCUT2D eigenvalue weighted by atomic mass is 19.4. The van der Waals surface area contributed by atoms with E-state index in [0.717, 1.165) is 31.0 Å². The lowest BCUT2D eigenvalue weighted by atomic mass is 10.1. The van der Waals surface area contributed by atoms with Crippen LogP contribution in [0.3, 0.4) is 0 Å². The average molecular weight is 425 g/mol. The minimum atomic E-state index is -4.82. The lowest BCUT2D eigenvalue weighted by Gasteiger charge is -2.14. The second-order valence-electron chi connectivity index (χ2n) is 6.75. The molecule has 30 heavy (non-hydrogen) atoms. The second kappa shape index (κ2) is 8.57. The first-order chi connectivity index (χ1) is 14.1. The lowest BCUT2D eigenvalue weighted by Crippen LogP contribution is -2.28. The van der Waals surface area contributed by atoms with Crippen LogP contribution in [0.5, 0.6) is 5.75 Å². The predicted octanol–water partition coefficient (Wildman–Crippen LogP) is 3.53. The molecule has 8 nitrogen and oxygen atoms in total. The van der Waals surface area contributed by atoms with Gasteiger partial charge < -0.3 is 20.5 Å². The average Bonchev–Trinajstić information content (AvgIpc) is 3.49. The smallest absolute Gasteiger partial charge is 0.406 e. The van der Waals surface area contributed by atoms with Crippen molar-refractivity contribution < 1.29 is 32.7 Å². The Balaban J connectivity index is 1.60. The summed E-state index contributed by atoms with van der Waals surface area (Å²) in [5.74, 6) is -1.07. The maximum absolute atomic E-state index is 12.3. The summed E-state index contributed by atoms with van der Waals surface area (Å²) < 4.78 is 40.3. The normalized spacial score (nSPS) is 14.7. The summed E-state index contributed by atoms with van der Waals surface area (Å²) in [6.07, 6.45) is -4.15. The number of nitro groups is 1. The molecule has 0 saturated heterocycles. The zero-order valence-electron chi connectivity index (χ0n) is 15.5.